The molecule has 4 rings (SSSR count). The van der Waals surface area contributed by atoms with Gasteiger partial charge in [0.05, 0.1) is 32.1 Å². The molecule has 1 aliphatic heterocycles. The maximum Gasteiger partial charge on any atom is 0.232 e. The summed E-state index contributed by atoms with van der Waals surface area (Å²) in [4.78, 5) is 6.42. The molecule has 128 valence electrons. The van der Waals surface area contributed by atoms with Gasteiger partial charge in [-0.25, -0.2) is 4.98 Å². The highest BCUT2D eigenvalue weighted by Crippen LogP contribution is 2.26. The van der Waals surface area contributed by atoms with E-state index in [0.717, 1.165) is 36.3 Å². The Morgan fingerprint density at radius 3 is 2.52 bits per heavy atom. The number of hydrogen-bond acceptors (Lipinski definition) is 6. The van der Waals surface area contributed by atoms with Crippen LogP contribution in [0.1, 0.15) is 5.82 Å². The summed E-state index contributed by atoms with van der Waals surface area (Å²) in [5.74, 6) is 3.09. The molecule has 0 N–H and O–H groups in total. The van der Waals surface area contributed by atoms with Gasteiger partial charge >= 0.3 is 0 Å². The van der Waals surface area contributed by atoms with Crippen molar-refractivity contribution in [3.63, 3.8) is 0 Å². The predicted molar refractivity (Wildman–Crippen MR) is 93.5 cm³/mol. The van der Waals surface area contributed by atoms with Crippen LogP contribution in [-0.2, 0) is 0 Å². The highest BCUT2D eigenvalue weighted by molar-refractivity contribution is 5.46. The number of anilines is 1. The molecule has 25 heavy (non-hydrogen) atoms. The number of ether oxygens (including phenoxy) is 2. The molecule has 7 nitrogen and oxygen atoms in total. The van der Waals surface area contributed by atoms with E-state index >= 15 is 0 Å². The zero-order chi connectivity index (χ0) is 17.2. The van der Waals surface area contributed by atoms with Crippen molar-refractivity contribution in [2.45, 2.75) is 13.0 Å². The van der Waals surface area contributed by atoms with Gasteiger partial charge in [0.25, 0.3) is 0 Å². The molecule has 3 aromatic rings. The lowest BCUT2D eigenvalue weighted by Crippen LogP contribution is -2.54. The summed E-state index contributed by atoms with van der Waals surface area (Å²) >= 11 is 0. The first-order valence-corrected chi connectivity index (χ1v) is 8.13. The van der Waals surface area contributed by atoms with Gasteiger partial charge in [0.1, 0.15) is 17.7 Å². The Morgan fingerprint density at radius 1 is 1.04 bits per heavy atom. The van der Waals surface area contributed by atoms with Gasteiger partial charge in [-0.15, -0.1) is 10.2 Å². The third-order valence-electron chi connectivity index (χ3n) is 4.17. The van der Waals surface area contributed by atoms with Crippen LogP contribution >= 0.6 is 0 Å². The molecule has 1 aliphatic rings. The van der Waals surface area contributed by atoms with Crippen LogP contribution in [-0.4, -0.2) is 46.1 Å². The van der Waals surface area contributed by atoms with Crippen molar-refractivity contribution in [3.8, 4) is 17.3 Å². The molecule has 0 spiro atoms. The molecular formula is C18H19N5O2. The molecule has 1 saturated heterocycles. The van der Waals surface area contributed by atoms with E-state index in [1.807, 2.05) is 54.0 Å². The van der Waals surface area contributed by atoms with E-state index in [0.29, 0.717) is 5.88 Å². The van der Waals surface area contributed by atoms with Crippen LogP contribution in [0.2, 0.25) is 0 Å². The van der Waals surface area contributed by atoms with E-state index in [-0.39, 0.29) is 6.10 Å². The van der Waals surface area contributed by atoms with Crippen LogP contribution in [0, 0.1) is 6.92 Å². The molecule has 0 amide bonds. The van der Waals surface area contributed by atoms with E-state index in [1.54, 1.807) is 13.3 Å². The molecule has 0 radical (unpaired) electrons. The highest BCUT2D eigenvalue weighted by atomic mass is 16.5. The van der Waals surface area contributed by atoms with Crippen molar-refractivity contribution < 1.29 is 9.47 Å². The first kappa shape index (κ1) is 15.4. The predicted octanol–water partition coefficient (Wildman–Crippen LogP) is 2.25. The fourth-order valence-electron chi connectivity index (χ4n) is 2.85. The molecule has 7 heteroatoms. The van der Waals surface area contributed by atoms with Crippen LogP contribution in [0.15, 0.2) is 48.7 Å². The normalized spacial score (nSPS) is 14.2. The number of pyridine rings is 1. The maximum absolute atomic E-state index is 5.96. The molecule has 0 saturated carbocycles. The zero-order valence-electron chi connectivity index (χ0n) is 14.2. The quantitative estimate of drug-likeness (QED) is 0.711. The van der Waals surface area contributed by atoms with E-state index in [1.165, 1.54) is 0 Å². The van der Waals surface area contributed by atoms with Crippen molar-refractivity contribution in [1.29, 1.82) is 0 Å². The standard InChI is InChI=1S/C18H19N5O2/c1-13-20-21-18(23(13)14-8-9-17(24-2)19-10-14)22-11-16(12-22)25-15-6-4-3-5-7-15/h3-10,16H,11-12H2,1-2H3. The fraction of sp³-hybridized carbons (Fsp3) is 0.278. The van der Waals surface area contributed by atoms with Crippen molar-refractivity contribution >= 4 is 5.95 Å². The van der Waals surface area contributed by atoms with E-state index in [4.69, 9.17) is 9.47 Å². The van der Waals surface area contributed by atoms with Crippen LogP contribution in [0.3, 0.4) is 0 Å². The van der Waals surface area contributed by atoms with Gasteiger partial charge in [0.2, 0.25) is 11.8 Å². The summed E-state index contributed by atoms with van der Waals surface area (Å²) in [6.07, 6.45) is 1.91. The highest BCUT2D eigenvalue weighted by Gasteiger charge is 2.32. The number of aromatic nitrogens is 4. The molecule has 3 heterocycles. The van der Waals surface area contributed by atoms with Gasteiger partial charge in [-0.3, -0.25) is 4.57 Å². The topological polar surface area (TPSA) is 65.3 Å². The monoisotopic (exact) mass is 337 g/mol. The van der Waals surface area contributed by atoms with Crippen LogP contribution in [0.25, 0.3) is 5.69 Å². The van der Waals surface area contributed by atoms with Gasteiger partial charge in [-0.2, -0.15) is 0 Å². The van der Waals surface area contributed by atoms with Gasteiger partial charge in [0.15, 0.2) is 0 Å². The third-order valence-corrected chi connectivity index (χ3v) is 4.17. The second-order valence-corrected chi connectivity index (χ2v) is 5.90. The lowest BCUT2D eigenvalue weighted by molar-refractivity contribution is 0.165. The summed E-state index contributed by atoms with van der Waals surface area (Å²) < 4.78 is 13.1. The molecule has 0 atom stereocenters. The number of aryl methyl sites for hydroxylation is 1. The summed E-state index contributed by atoms with van der Waals surface area (Å²) in [5.41, 5.74) is 0.908. The number of benzene rings is 1. The lowest BCUT2D eigenvalue weighted by Gasteiger charge is -2.39. The summed E-state index contributed by atoms with van der Waals surface area (Å²) in [6, 6.07) is 13.6. The zero-order valence-corrected chi connectivity index (χ0v) is 14.2. The van der Waals surface area contributed by atoms with Crippen LogP contribution in [0.5, 0.6) is 11.6 Å². The average molecular weight is 337 g/mol. The Bertz CT molecular complexity index is 842. The van der Waals surface area contributed by atoms with Crippen molar-refractivity contribution in [1.82, 2.24) is 19.7 Å². The first-order valence-electron chi connectivity index (χ1n) is 8.13. The Kier molecular flexibility index (Phi) is 3.97. The molecule has 0 unspecified atom stereocenters. The van der Waals surface area contributed by atoms with Crippen molar-refractivity contribution in [2.75, 3.05) is 25.1 Å². The van der Waals surface area contributed by atoms with Crippen molar-refractivity contribution in [2.24, 2.45) is 0 Å². The Labute approximate surface area is 145 Å². The number of methoxy groups -OCH3 is 1. The van der Waals surface area contributed by atoms with Gasteiger partial charge in [0, 0.05) is 6.07 Å². The summed E-state index contributed by atoms with van der Waals surface area (Å²) in [6.45, 7) is 3.48. The fourth-order valence-corrected chi connectivity index (χ4v) is 2.85. The second-order valence-electron chi connectivity index (χ2n) is 5.90. The second kappa shape index (κ2) is 6.43. The summed E-state index contributed by atoms with van der Waals surface area (Å²) in [5, 5.41) is 8.54. The summed E-state index contributed by atoms with van der Waals surface area (Å²) in [7, 11) is 1.60. The average Bonchev–Trinajstić information content (AvgIpc) is 3.00. The SMILES string of the molecule is COc1ccc(-n2c(C)nnc2N2CC(Oc3ccccc3)C2)cn1. The molecule has 1 fully saturated rings. The Balaban J connectivity index is 1.49. The van der Waals surface area contributed by atoms with E-state index in [9.17, 15) is 0 Å². The number of para-hydroxylation sites is 1. The Morgan fingerprint density at radius 2 is 1.84 bits per heavy atom. The molecule has 2 aromatic heterocycles. The van der Waals surface area contributed by atoms with Crippen LogP contribution < -0.4 is 14.4 Å². The molecule has 0 bridgehead atoms. The largest absolute Gasteiger partial charge is 0.487 e. The van der Waals surface area contributed by atoms with Crippen molar-refractivity contribution in [3.05, 3.63) is 54.5 Å². The minimum Gasteiger partial charge on any atom is -0.487 e. The lowest BCUT2D eigenvalue weighted by atomic mass is 10.2. The maximum atomic E-state index is 5.96. The Hall–Kier alpha value is -3.09. The minimum atomic E-state index is 0.154. The number of hydrogen-bond donors (Lipinski definition) is 0. The number of nitrogens with zero attached hydrogens (tertiary/aromatic N) is 5. The van der Waals surface area contributed by atoms with E-state index < -0.39 is 0 Å². The third kappa shape index (κ3) is 3.00. The van der Waals surface area contributed by atoms with Gasteiger partial charge in [-0.1, -0.05) is 18.2 Å². The van der Waals surface area contributed by atoms with E-state index in [2.05, 4.69) is 20.1 Å². The molecule has 0 aliphatic carbocycles. The number of rotatable bonds is 5. The minimum absolute atomic E-state index is 0.154. The smallest absolute Gasteiger partial charge is 0.232 e. The van der Waals surface area contributed by atoms with Gasteiger partial charge < -0.3 is 14.4 Å². The molecular weight excluding hydrogens is 318 g/mol. The van der Waals surface area contributed by atoms with Gasteiger partial charge in [-0.05, 0) is 25.1 Å². The molecule has 1 aromatic carbocycles. The first-order chi connectivity index (χ1) is 12.2. The van der Waals surface area contributed by atoms with Crippen LogP contribution in [0.4, 0.5) is 5.95 Å².